The molecule has 2 heterocycles. The van der Waals surface area contributed by atoms with Crippen LogP contribution in [0.25, 0.3) is 0 Å². The van der Waals surface area contributed by atoms with Crippen molar-refractivity contribution in [2.75, 3.05) is 27.2 Å². The van der Waals surface area contributed by atoms with Gasteiger partial charge in [-0.3, -0.25) is 14.5 Å². The molecule has 2 saturated heterocycles. The average molecular weight is 211 g/mol. The Labute approximate surface area is 89.6 Å². The van der Waals surface area contributed by atoms with Gasteiger partial charge < -0.3 is 0 Å². The molecule has 0 bridgehead atoms. The number of rotatable bonds is 2. The van der Waals surface area contributed by atoms with Crippen LogP contribution in [-0.2, 0) is 9.59 Å². The summed E-state index contributed by atoms with van der Waals surface area (Å²) >= 11 is 0. The van der Waals surface area contributed by atoms with Gasteiger partial charge in [-0.15, -0.1) is 0 Å². The highest BCUT2D eigenvalue weighted by molar-refractivity contribution is 6.04. The molecule has 0 aromatic rings. The molecular weight excluding hydrogens is 194 g/mol. The molecule has 0 saturated carbocycles. The van der Waals surface area contributed by atoms with Crippen molar-refractivity contribution in [3.05, 3.63) is 0 Å². The number of hydrazine groups is 1. The summed E-state index contributed by atoms with van der Waals surface area (Å²) in [5.41, 5.74) is 0. The third kappa shape index (κ3) is 1.77. The van der Waals surface area contributed by atoms with Crippen molar-refractivity contribution in [3.8, 4) is 0 Å². The van der Waals surface area contributed by atoms with E-state index in [1.54, 1.807) is 19.1 Å². The molecule has 0 aliphatic carbocycles. The van der Waals surface area contributed by atoms with Gasteiger partial charge in [0.2, 0.25) is 5.91 Å². The number of hydrogen-bond donors (Lipinski definition) is 0. The van der Waals surface area contributed by atoms with Gasteiger partial charge in [0.05, 0.1) is 6.42 Å². The SMILES string of the molecule is CN(C)N1C(=O)CC(N2CCCC2)C1=O. The lowest BCUT2D eigenvalue weighted by molar-refractivity contribution is -0.154. The molecule has 2 fully saturated rings. The van der Waals surface area contributed by atoms with Gasteiger partial charge >= 0.3 is 0 Å². The highest BCUT2D eigenvalue weighted by Gasteiger charge is 2.43. The highest BCUT2D eigenvalue weighted by Crippen LogP contribution is 2.22. The fourth-order valence-electron chi connectivity index (χ4n) is 2.36. The predicted molar refractivity (Wildman–Crippen MR) is 54.8 cm³/mol. The van der Waals surface area contributed by atoms with Gasteiger partial charge in [0.1, 0.15) is 6.04 Å². The van der Waals surface area contributed by atoms with Crippen LogP contribution in [0.1, 0.15) is 19.3 Å². The lowest BCUT2D eigenvalue weighted by atomic mass is 10.2. The Morgan fingerprint density at radius 1 is 1.20 bits per heavy atom. The van der Waals surface area contributed by atoms with Crippen LogP contribution in [0.2, 0.25) is 0 Å². The fraction of sp³-hybridized carbons (Fsp3) is 0.800. The number of nitrogens with zero attached hydrogens (tertiary/aromatic N) is 3. The second-order valence-corrected chi connectivity index (χ2v) is 4.35. The van der Waals surface area contributed by atoms with E-state index in [1.807, 2.05) is 0 Å². The van der Waals surface area contributed by atoms with Crippen molar-refractivity contribution in [1.29, 1.82) is 0 Å². The molecule has 2 aliphatic rings. The minimum absolute atomic E-state index is 0.0631. The Morgan fingerprint density at radius 3 is 2.27 bits per heavy atom. The van der Waals surface area contributed by atoms with E-state index in [0.29, 0.717) is 6.42 Å². The third-order valence-electron chi connectivity index (χ3n) is 3.08. The number of carbonyl (C=O) groups is 2. The van der Waals surface area contributed by atoms with Gasteiger partial charge in [0, 0.05) is 14.1 Å². The third-order valence-corrected chi connectivity index (χ3v) is 3.08. The average Bonchev–Trinajstić information content (AvgIpc) is 2.72. The number of hydrogen-bond acceptors (Lipinski definition) is 4. The fourth-order valence-corrected chi connectivity index (χ4v) is 2.36. The van der Waals surface area contributed by atoms with Gasteiger partial charge in [0.25, 0.3) is 5.91 Å². The first kappa shape index (κ1) is 10.6. The standard InChI is InChI=1S/C10H17N3O2/c1-11(2)13-9(14)7-8(10(13)15)12-5-3-4-6-12/h8H,3-7H2,1-2H3. The minimum atomic E-state index is -0.206. The zero-order chi connectivity index (χ0) is 11.0. The second-order valence-electron chi connectivity index (χ2n) is 4.35. The van der Waals surface area contributed by atoms with Crippen molar-refractivity contribution in [1.82, 2.24) is 14.9 Å². The number of likely N-dealkylation sites (tertiary alicyclic amines) is 1. The highest BCUT2D eigenvalue weighted by atomic mass is 16.2. The van der Waals surface area contributed by atoms with Gasteiger partial charge in [0.15, 0.2) is 0 Å². The molecule has 0 aromatic heterocycles. The normalized spacial score (nSPS) is 28.5. The molecule has 0 spiro atoms. The molecule has 0 aromatic carbocycles. The number of imide groups is 1. The smallest absolute Gasteiger partial charge is 0.261 e. The largest absolute Gasteiger partial charge is 0.291 e. The first-order chi connectivity index (χ1) is 7.11. The van der Waals surface area contributed by atoms with Crippen molar-refractivity contribution in [2.24, 2.45) is 0 Å². The van der Waals surface area contributed by atoms with Crippen LogP contribution >= 0.6 is 0 Å². The van der Waals surface area contributed by atoms with Crippen LogP contribution in [0.3, 0.4) is 0 Å². The van der Waals surface area contributed by atoms with Crippen LogP contribution in [0.5, 0.6) is 0 Å². The Balaban J connectivity index is 2.10. The van der Waals surface area contributed by atoms with Gasteiger partial charge in [-0.2, -0.15) is 0 Å². The van der Waals surface area contributed by atoms with E-state index < -0.39 is 0 Å². The minimum Gasteiger partial charge on any atom is -0.291 e. The van der Waals surface area contributed by atoms with Crippen LogP contribution in [0.15, 0.2) is 0 Å². The molecule has 5 nitrogen and oxygen atoms in total. The zero-order valence-corrected chi connectivity index (χ0v) is 9.27. The molecule has 0 radical (unpaired) electrons. The summed E-state index contributed by atoms with van der Waals surface area (Å²) in [7, 11) is 3.45. The number of amides is 2. The van der Waals surface area contributed by atoms with Crippen LogP contribution < -0.4 is 0 Å². The monoisotopic (exact) mass is 211 g/mol. The summed E-state index contributed by atoms with van der Waals surface area (Å²) in [4.78, 5) is 25.7. The van der Waals surface area contributed by atoms with Gasteiger partial charge in [-0.25, -0.2) is 10.0 Å². The van der Waals surface area contributed by atoms with Crippen LogP contribution in [-0.4, -0.2) is 60.0 Å². The van der Waals surface area contributed by atoms with Crippen molar-refractivity contribution in [3.63, 3.8) is 0 Å². The summed E-state index contributed by atoms with van der Waals surface area (Å²) in [6.45, 7) is 1.90. The maximum Gasteiger partial charge on any atom is 0.261 e. The molecule has 2 amide bonds. The lowest BCUT2D eigenvalue weighted by Crippen LogP contribution is -2.45. The van der Waals surface area contributed by atoms with E-state index in [4.69, 9.17) is 0 Å². The molecule has 1 unspecified atom stereocenters. The van der Waals surface area contributed by atoms with Gasteiger partial charge in [-0.1, -0.05) is 0 Å². The summed E-state index contributed by atoms with van der Waals surface area (Å²) in [6.07, 6.45) is 2.62. The summed E-state index contributed by atoms with van der Waals surface area (Å²) < 4.78 is 0. The Kier molecular flexibility index (Phi) is 2.75. The molecule has 1 atom stereocenters. The molecule has 2 aliphatic heterocycles. The van der Waals surface area contributed by atoms with E-state index >= 15 is 0 Å². The van der Waals surface area contributed by atoms with E-state index in [-0.39, 0.29) is 17.9 Å². The summed E-state index contributed by atoms with van der Waals surface area (Å²) in [5.74, 6) is -0.145. The molecule has 15 heavy (non-hydrogen) atoms. The maximum atomic E-state index is 12.0. The van der Waals surface area contributed by atoms with Gasteiger partial charge in [-0.05, 0) is 25.9 Å². The summed E-state index contributed by atoms with van der Waals surface area (Å²) in [6, 6.07) is -0.206. The van der Waals surface area contributed by atoms with Crippen LogP contribution in [0.4, 0.5) is 0 Å². The Bertz CT molecular complexity index is 284. The first-order valence-electron chi connectivity index (χ1n) is 5.39. The van der Waals surface area contributed by atoms with E-state index in [2.05, 4.69) is 4.90 Å². The second kappa shape index (κ2) is 3.90. The first-order valence-corrected chi connectivity index (χ1v) is 5.39. The zero-order valence-electron chi connectivity index (χ0n) is 9.27. The predicted octanol–water partition coefficient (Wildman–Crippen LogP) is -0.314. The Hall–Kier alpha value is -0.940. The van der Waals surface area contributed by atoms with Crippen molar-refractivity contribution < 1.29 is 9.59 Å². The lowest BCUT2D eigenvalue weighted by Gasteiger charge is -2.24. The Morgan fingerprint density at radius 2 is 1.80 bits per heavy atom. The maximum absolute atomic E-state index is 12.0. The quantitative estimate of drug-likeness (QED) is 0.588. The molecule has 2 rings (SSSR count). The summed E-state index contributed by atoms with van der Waals surface area (Å²) in [5, 5.41) is 2.82. The molecule has 84 valence electrons. The molecular formula is C10H17N3O2. The van der Waals surface area contributed by atoms with E-state index in [1.165, 1.54) is 5.01 Å². The molecule has 5 heteroatoms. The van der Waals surface area contributed by atoms with E-state index in [9.17, 15) is 9.59 Å². The van der Waals surface area contributed by atoms with Crippen LogP contribution in [0, 0.1) is 0 Å². The van der Waals surface area contributed by atoms with Crippen molar-refractivity contribution in [2.45, 2.75) is 25.3 Å². The number of carbonyl (C=O) groups excluding carboxylic acids is 2. The molecule has 0 N–H and O–H groups in total. The van der Waals surface area contributed by atoms with Crippen molar-refractivity contribution >= 4 is 11.8 Å². The van der Waals surface area contributed by atoms with E-state index in [0.717, 1.165) is 25.9 Å². The topological polar surface area (TPSA) is 43.9 Å².